The Morgan fingerprint density at radius 3 is 2.86 bits per heavy atom. The van der Waals surface area contributed by atoms with Crippen LogP contribution in [0.2, 0.25) is 0 Å². The van der Waals surface area contributed by atoms with Crippen LogP contribution in [0.15, 0.2) is 24.3 Å². The number of ether oxygens (including phenoxy) is 1. The summed E-state index contributed by atoms with van der Waals surface area (Å²) >= 11 is 0. The van der Waals surface area contributed by atoms with E-state index >= 15 is 0 Å². The number of carbonyl (C=O) groups is 1. The molecule has 116 valence electrons. The summed E-state index contributed by atoms with van der Waals surface area (Å²) in [7, 11) is 0. The molecule has 1 heterocycles. The Hall–Kier alpha value is -1.46. The minimum Gasteiger partial charge on any atom is -0.466 e. The molecule has 0 aliphatic carbocycles. The predicted octanol–water partition coefficient (Wildman–Crippen LogP) is 2.13. The van der Waals surface area contributed by atoms with Gasteiger partial charge in [-0.15, -0.1) is 0 Å². The maximum Gasteiger partial charge on any atom is 0.310 e. The molecular formula is C16H22FNO3. The first-order valence-electron chi connectivity index (χ1n) is 7.42. The van der Waals surface area contributed by atoms with Crippen LogP contribution in [0.4, 0.5) is 4.39 Å². The minimum absolute atomic E-state index is 0.112. The van der Waals surface area contributed by atoms with Crippen LogP contribution in [0.25, 0.3) is 0 Å². The quantitative estimate of drug-likeness (QED) is 0.846. The van der Waals surface area contributed by atoms with Crippen LogP contribution in [-0.4, -0.2) is 42.2 Å². The number of carbonyl (C=O) groups excluding carboxylic acids is 1. The molecule has 2 atom stereocenters. The fourth-order valence-corrected chi connectivity index (χ4v) is 2.71. The van der Waals surface area contributed by atoms with E-state index in [4.69, 9.17) is 4.74 Å². The number of β-amino-alcohol motifs (C(OH)–C–C–N with tert-alkyl or cyclic N) is 1. The standard InChI is InChI=1S/C16H22FNO3/c1-2-21-16(20)13-4-3-9-18(10-13)11-15(19)12-5-7-14(17)8-6-12/h5-8,13,15,19H,2-4,9-11H2,1H3/t13-,15+/m0/s1. The first-order valence-corrected chi connectivity index (χ1v) is 7.42. The molecular weight excluding hydrogens is 273 g/mol. The number of hydrogen-bond acceptors (Lipinski definition) is 4. The summed E-state index contributed by atoms with van der Waals surface area (Å²) in [4.78, 5) is 13.9. The zero-order chi connectivity index (χ0) is 15.2. The van der Waals surface area contributed by atoms with Crippen molar-refractivity contribution in [2.24, 2.45) is 5.92 Å². The second-order valence-electron chi connectivity index (χ2n) is 5.42. The van der Waals surface area contributed by atoms with Gasteiger partial charge >= 0.3 is 5.97 Å². The van der Waals surface area contributed by atoms with Gasteiger partial charge in [-0.3, -0.25) is 9.69 Å². The highest BCUT2D eigenvalue weighted by Crippen LogP contribution is 2.21. The Labute approximate surface area is 124 Å². The van der Waals surface area contributed by atoms with E-state index in [1.165, 1.54) is 12.1 Å². The Kier molecular flexibility index (Phi) is 5.70. The number of nitrogens with zero attached hydrogens (tertiary/aromatic N) is 1. The van der Waals surface area contributed by atoms with E-state index in [1.54, 1.807) is 19.1 Å². The van der Waals surface area contributed by atoms with Gasteiger partial charge in [-0.05, 0) is 44.0 Å². The molecule has 0 unspecified atom stereocenters. The minimum atomic E-state index is -0.674. The molecule has 0 spiro atoms. The molecule has 0 amide bonds. The number of benzene rings is 1. The monoisotopic (exact) mass is 295 g/mol. The van der Waals surface area contributed by atoms with Gasteiger partial charge in [0, 0.05) is 13.1 Å². The topological polar surface area (TPSA) is 49.8 Å². The molecule has 5 heteroatoms. The molecule has 0 aromatic heterocycles. The molecule has 1 aliphatic heterocycles. The van der Waals surface area contributed by atoms with Crippen molar-refractivity contribution in [3.63, 3.8) is 0 Å². The number of piperidine rings is 1. The lowest BCUT2D eigenvalue weighted by Gasteiger charge is -2.32. The van der Waals surface area contributed by atoms with Gasteiger partial charge in [0.1, 0.15) is 5.82 Å². The van der Waals surface area contributed by atoms with E-state index in [9.17, 15) is 14.3 Å². The SMILES string of the molecule is CCOC(=O)[C@H]1CCCN(C[C@@H](O)c2ccc(F)cc2)C1. The third-order valence-corrected chi connectivity index (χ3v) is 3.81. The Bertz CT molecular complexity index is 463. The summed E-state index contributed by atoms with van der Waals surface area (Å²) in [5, 5.41) is 10.2. The van der Waals surface area contributed by atoms with Gasteiger partial charge in [0.15, 0.2) is 0 Å². The van der Waals surface area contributed by atoms with Crippen molar-refractivity contribution >= 4 is 5.97 Å². The highest BCUT2D eigenvalue weighted by Gasteiger charge is 2.27. The molecule has 1 N–H and O–H groups in total. The van der Waals surface area contributed by atoms with Gasteiger partial charge in [0.05, 0.1) is 18.6 Å². The Morgan fingerprint density at radius 2 is 2.19 bits per heavy atom. The number of esters is 1. The van der Waals surface area contributed by atoms with Gasteiger partial charge in [0.2, 0.25) is 0 Å². The summed E-state index contributed by atoms with van der Waals surface area (Å²) in [6.45, 7) is 4.11. The number of rotatable bonds is 5. The summed E-state index contributed by atoms with van der Waals surface area (Å²) in [5.74, 6) is -0.580. The normalized spacial score (nSPS) is 21.0. The lowest BCUT2D eigenvalue weighted by atomic mass is 9.97. The Morgan fingerprint density at radius 1 is 1.48 bits per heavy atom. The van der Waals surface area contributed by atoms with Crippen molar-refractivity contribution in [2.45, 2.75) is 25.9 Å². The second-order valence-corrected chi connectivity index (χ2v) is 5.42. The van der Waals surface area contributed by atoms with Crippen molar-refractivity contribution in [3.05, 3.63) is 35.6 Å². The highest BCUT2D eigenvalue weighted by molar-refractivity contribution is 5.72. The number of aliphatic hydroxyl groups excluding tert-OH is 1. The van der Waals surface area contributed by atoms with Crippen LogP contribution in [0.1, 0.15) is 31.4 Å². The van der Waals surface area contributed by atoms with E-state index < -0.39 is 6.10 Å². The maximum atomic E-state index is 12.9. The largest absolute Gasteiger partial charge is 0.466 e. The van der Waals surface area contributed by atoms with Gasteiger partial charge in [-0.2, -0.15) is 0 Å². The summed E-state index contributed by atoms with van der Waals surface area (Å²) in [6, 6.07) is 5.87. The molecule has 0 radical (unpaired) electrons. The lowest BCUT2D eigenvalue weighted by molar-refractivity contribution is -0.150. The van der Waals surface area contributed by atoms with E-state index in [0.717, 1.165) is 19.4 Å². The van der Waals surface area contributed by atoms with Crippen LogP contribution in [0, 0.1) is 11.7 Å². The summed E-state index contributed by atoms with van der Waals surface area (Å²) in [6.07, 6.45) is 1.08. The zero-order valence-electron chi connectivity index (χ0n) is 12.3. The van der Waals surface area contributed by atoms with Gasteiger partial charge in [-0.25, -0.2) is 4.39 Å². The molecule has 4 nitrogen and oxygen atoms in total. The van der Waals surface area contributed by atoms with Crippen LogP contribution >= 0.6 is 0 Å². The Balaban J connectivity index is 1.89. The molecule has 1 aromatic carbocycles. The van der Waals surface area contributed by atoms with Crippen LogP contribution < -0.4 is 0 Å². The van der Waals surface area contributed by atoms with E-state index in [1.807, 2.05) is 0 Å². The maximum absolute atomic E-state index is 12.9. The molecule has 1 aliphatic rings. The molecule has 2 rings (SSSR count). The van der Waals surface area contributed by atoms with Gasteiger partial charge in [-0.1, -0.05) is 12.1 Å². The van der Waals surface area contributed by atoms with Crippen molar-refractivity contribution in [1.82, 2.24) is 4.90 Å². The highest BCUT2D eigenvalue weighted by atomic mass is 19.1. The number of likely N-dealkylation sites (tertiary alicyclic amines) is 1. The van der Waals surface area contributed by atoms with Crippen molar-refractivity contribution < 1.29 is 19.0 Å². The molecule has 1 aromatic rings. The summed E-state index contributed by atoms with van der Waals surface area (Å²) in [5.41, 5.74) is 0.689. The average Bonchev–Trinajstić information content (AvgIpc) is 2.48. The smallest absolute Gasteiger partial charge is 0.310 e. The van der Waals surface area contributed by atoms with Crippen LogP contribution in [-0.2, 0) is 9.53 Å². The zero-order valence-corrected chi connectivity index (χ0v) is 12.3. The van der Waals surface area contributed by atoms with Crippen LogP contribution in [0.5, 0.6) is 0 Å². The first kappa shape index (κ1) is 15.9. The van der Waals surface area contributed by atoms with E-state index in [-0.39, 0.29) is 17.7 Å². The van der Waals surface area contributed by atoms with E-state index in [2.05, 4.69) is 4.90 Å². The third kappa shape index (κ3) is 4.51. The fraction of sp³-hybridized carbons (Fsp3) is 0.562. The van der Waals surface area contributed by atoms with Crippen molar-refractivity contribution in [3.8, 4) is 0 Å². The molecule has 1 saturated heterocycles. The average molecular weight is 295 g/mol. The van der Waals surface area contributed by atoms with Crippen molar-refractivity contribution in [2.75, 3.05) is 26.2 Å². The van der Waals surface area contributed by atoms with Crippen molar-refractivity contribution in [1.29, 1.82) is 0 Å². The molecule has 21 heavy (non-hydrogen) atoms. The third-order valence-electron chi connectivity index (χ3n) is 3.81. The number of aliphatic hydroxyl groups is 1. The fourth-order valence-electron chi connectivity index (χ4n) is 2.71. The lowest BCUT2D eigenvalue weighted by Crippen LogP contribution is -2.41. The van der Waals surface area contributed by atoms with Crippen LogP contribution in [0.3, 0.4) is 0 Å². The van der Waals surface area contributed by atoms with E-state index in [0.29, 0.717) is 25.3 Å². The first-order chi connectivity index (χ1) is 10.1. The number of hydrogen-bond donors (Lipinski definition) is 1. The second kappa shape index (κ2) is 7.52. The predicted molar refractivity (Wildman–Crippen MR) is 77.2 cm³/mol. The molecule has 0 saturated carbocycles. The van der Waals surface area contributed by atoms with Gasteiger partial charge < -0.3 is 9.84 Å². The summed E-state index contributed by atoms with van der Waals surface area (Å²) < 4.78 is 17.9. The molecule has 0 bridgehead atoms. The van der Waals surface area contributed by atoms with Gasteiger partial charge in [0.25, 0.3) is 0 Å². The number of halogens is 1. The molecule has 1 fully saturated rings.